The predicted molar refractivity (Wildman–Crippen MR) is 59.8 cm³/mol. The van der Waals surface area contributed by atoms with Gasteiger partial charge in [0, 0.05) is 13.7 Å². The van der Waals surface area contributed by atoms with E-state index in [4.69, 9.17) is 4.74 Å². The van der Waals surface area contributed by atoms with E-state index >= 15 is 0 Å². The normalized spacial score (nSPS) is 7.00. The average Bonchev–Trinajstić information content (AvgIpc) is 1.93. The second-order valence-electron chi connectivity index (χ2n) is 2.10. The number of methoxy groups -OCH3 is 1. The minimum atomic E-state index is 0. The molecule has 0 fully saturated rings. The maximum absolute atomic E-state index is 4.69. The van der Waals surface area contributed by atoms with E-state index in [1.54, 1.807) is 7.11 Å². The third kappa shape index (κ3) is 51.4. The van der Waals surface area contributed by atoms with Crippen LogP contribution in [-0.2, 0) is 4.74 Å². The van der Waals surface area contributed by atoms with Gasteiger partial charge in [0.2, 0.25) is 0 Å². The van der Waals surface area contributed by atoms with Crippen molar-refractivity contribution in [3.05, 3.63) is 0 Å². The van der Waals surface area contributed by atoms with Crippen molar-refractivity contribution in [3.63, 3.8) is 0 Å². The molecule has 12 heavy (non-hydrogen) atoms. The van der Waals surface area contributed by atoms with Gasteiger partial charge in [-0.1, -0.05) is 28.7 Å². The summed E-state index contributed by atoms with van der Waals surface area (Å²) in [5, 5.41) is 3.02. The molecule has 0 saturated heterocycles. The van der Waals surface area contributed by atoms with E-state index in [1.165, 1.54) is 6.42 Å². The Bertz CT molecular complexity index is 30.8. The smallest absolute Gasteiger partial charge is 0.0459 e. The first-order valence-corrected chi connectivity index (χ1v) is 3.96. The Morgan fingerprint density at radius 2 is 1.58 bits per heavy atom. The first-order chi connectivity index (χ1) is 4.83. The van der Waals surface area contributed by atoms with Crippen LogP contribution >= 0.6 is 0 Å². The number of ether oxygens (including phenoxy) is 1. The Morgan fingerprint density at radius 1 is 1.08 bits per heavy atom. The van der Waals surface area contributed by atoms with Gasteiger partial charge in [0.25, 0.3) is 0 Å². The van der Waals surface area contributed by atoms with Crippen molar-refractivity contribution >= 4 is 0 Å². The van der Waals surface area contributed by atoms with Crippen molar-refractivity contribution in [3.8, 4) is 0 Å². The molecular weight excluding hydrogens is 150 g/mol. The number of hydrogen-bond donors (Lipinski definition) is 1. The number of nitrogens with one attached hydrogen (secondary N) is 1. The fourth-order valence-corrected chi connectivity index (χ4v) is 0.454. The van der Waals surface area contributed by atoms with Gasteiger partial charge < -0.3 is 10.1 Å². The molecule has 0 aromatic heterocycles. The van der Waals surface area contributed by atoms with Crippen LogP contribution in [0.25, 0.3) is 0 Å². The zero-order valence-corrected chi connectivity index (χ0v) is 7.74. The van der Waals surface area contributed by atoms with Crippen LogP contribution in [0.15, 0.2) is 0 Å². The molecule has 0 radical (unpaired) electrons. The molecule has 0 heterocycles. The van der Waals surface area contributed by atoms with Crippen LogP contribution in [0.2, 0.25) is 0 Å². The lowest BCUT2D eigenvalue weighted by Gasteiger charge is -1.84. The molecule has 80 valence electrons. The summed E-state index contributed by atoms with van der Waals surface area (Å²) in [4.78, 5) is 0. The monoisotopic (exact) mass is 179 g/mol. The van der Waals surface area contributed by atoms with Crippen LogP contribution in [-0.4, -0.2) is 27.3 Å². The minimum absolute atomic E-state index is 0. The molecule has 0 unspecified atom stereocenters. The van der Waals surface area contributed by atoms with Crippen LogP contribution < -0.4 is 5.32 Å². The van der Waals surface area contributed by atoms with Crippen LogP contribution in [0.1, 0.15) is 41.5 Å². The number of rotatable bonds is 4. The Hall–Kier alpha value is -0.0800. The summed E-state index contributed by atoms with van der Waals surface area (Å²) in [6.45, 7) is 6.26. The maximum atomic E-state index is 4.69. The van der Waals surface area contributed by atoms with E-state index < -0.39 is 0 Å². The molecular formula is C10H29NO. The van der Waals surface area contributed by atoms with Gasteiger partial charge in [-0.25, -0.2) is 0 Å². The largest absolute Gasteiger partial charge is 0.385 e. The zero-order valence-electron chi connectivity index (χ0n) is 7.74. The Kier molecular flexibility index (Phi) is 57.9. The lowest BCUT2D eigenvalue weighted by molar-refractivity contribution is 0.199. The predicted octanol–water partition coefficient (Wildman–Crippen LogP) is 2.93. The van der Waals surface area contributed by atoms with Gasteiger partial charge in [-0.15, -0.1) is 0 Å². The van der Waals surface area contributed by atoms with E-state index in [9.17, 15) is 0 Å². The third-order valence-electron chi connectivity index (χ3n) is 0.908. The summed E-state index contributed by atoms with van der Waals surface area (Å²) in [6, 6.07) is 0. The first kappa shape index (κ1) is 22.7. The molecule has 2 nitrogen and oxygen atoms in total. The highest BCUT2D eigenvalue weighted by Crippen LogP contribution is 1.70. The van der Waals surface area contributed by atoms with Crippen molar-refractivity contribution in [2.45, 2.75) is 41.5 Å². The van der Waals surface area contributed by atoms with Gasteiger partial charge in [0.1, 0.15) is 0 Å². The highest BCUT2D eigenvalue weighted by molar-refractivity contribution is 4.28. The van der Waals surface area contributed by atoms with Crippen molar-refractivity contribution in [1.29, 1.82) is 0 Å². The summed E-state index contributed by atoms with van der Waals surface area (Å²) >= 11 is 0. The van der Waals surface area contributed by atoms with Crippen molar-refractivity contribution in [1.82, 2.24) is 5.32 Å². The molecule has 0 aliphatic carbocycles. The lowest BCUT2D eigenvalue weighted by atomic mass is 10.5. The molecule has 1 N–H and O–H groups in total. The van der Waals surface area contributed by atoms with Gasteiger partial charge in [-0.05, 0) is 26.4 Å². The van der Waals surface area contributed by atoms with E-state index in [0.717, 1.165) is 19.6 Å². The van der Waals surface area contributed by atoms with Gasteiger partial charge in [0.15, 0.2) is 0 Å². The zero-order chi connectivity index (χ0) is 8.24. The quantitative estimate of drug-likeness (QED) is 0.716. The molecule has 0 rings (SSSR count). The van der Waals surface area contributed by atoms with Crippen molar-refractivity contribution in [2.75, 3.05) is 27.3 Å². The summed E-state index contributed by atoms with van der Waals surface area (Å²) in [7, 11) is 3.67. The maximum Gasteiger partial charge on any atom is 0.0459 e. The SMILES string of the molecule is C.C.CCCNC.CCCOC. The fourth-order valence-electron chi connectivity index (χ4n) is 0.454. The Labute approximate surface area is 79.7 Å². The van der Waals surface area contributed by atoms with E-state index in [1.807, 2.05) is 7.05 Å². The average molecular weight is 179 g/mol. The summed E-state index contributed by atoms with van der Waals surface area (Å²) < 4.78 is 4.69. The van der Waals surface area contributed by atoms with Gasteiger partial charge in [-0.3, -0.25) is 0 Å². The topological polar surface area (TPSA) is 21.3 Å². The van der Waals surface area contributed by atoms with Crippen LogP contribution in [0.4, 0.5) is 0 Å². The molecule has 0 bridgehead atoms. The van der Waals surface area contributed by atoms with Gasteiger partial charge in [-0.2, -0.15) is 0 Å². The highest BCUT2D eigenvalue weighted by Gasteiger charge is 1.66. The van der Waals surface area contributed by atoms with Crippen LogP contribution in [0, 0.1) is 0 Å². The molecule has 2 heteroatoms. The molecule has 0 aromatic carbocycles. The van der Waals surface area contributed by atoms with E-state index in [0.29, 0.717) is 0 Å². The summed E-state index contributed by atoms with van der Waals surface area (Å²) in [5.41, 5.74) is 0. The minimum Gasteiger partial charge on any atom is -0.385 e. The molecule has 0 aliphatic rings. The first-order valence-electron chi connectivity index (χ1n) is 3.96. The molecule has 0 aliphatic heterocycles. The van der Waals surface area contributed by atoms with E-state index in [2.05, 4.69) is 19.2 Å². The van der Waals surface area contributed by atoms with Crippen molar-refractivity contribution < 1.29 is 4.74 Å². The van der Waals surface area contributed by atoms with Crippen LogP contribution in [0.5, 0.6) is 0 Å². The highest BCUT2D eigenvalue weighted by atomic mass is 16.5. The number of hydrogen-bond acceptors (Lipinski definition) is 2. The van der Waals surface area contributed by atoms with Gasteiger partial charge in [0.05, 0.1) is 0 Å². The second-order valence-corrected chi connectivity index (χ2v) is 2.10. The Balaban J connectivity index is -0.0000000457. The molecule has 0 spiro atoms. The summed E-state index contributed by atoms with van der Waals surface area (Å²) in [6.07, 6.45) is 2.35. The third-order valence-corrected chi connectivity index (χ3v) is 0.908. The Morgan fingerprint density at radius 3 is 1.58 bits per heavy atom. The molecule has 0 aromatic rings. The van der Waals surface area contributed by atoms with Crippen molar-refractivity contribution in [2.24, 2.45) is 0 Å². The molecule has 0 saturated carbocycles. The summed E-state index contributed by atoms with van der Waals surface area (Å²) in [5.74, 6) is 0. The van der Waals surface area contributed by atoms with Gasteiger partial charge >= 0.3 is 0 Å². The van der Waals surface area contributed by atoms with E-state index in [-0.39, 0.29) is 14.9 Å². The standard InChI is InChI=1S/C4H11N.C4H10O.2CH4/c2*1-3-4-5-2;;/h5H,3-4H2,1-2H3;3-4H2,1-2H3;2*1H4. The molecule has 0 atom stereocenters. The molecule has 0 amide bonds. The van der Waals surface area contributed by atoms with Crippen LogP contribution in [0.3, 0.4) is 0 Å². The lowest BCUT2D eigenvalue weighted by Crippen LogP contribution is -2.04. The fraction of sp³-hybridized carbons (Fsp3) is 1.00. The second kappa shape index (κ2) is 30.7.